The first-order valence-electron chi connectivity index (χ1n) is 8.72. The zero-order chi connectivity index (χ0) is 17.6. The van der Waals surface area contributed by atoms with Crippen LogP contribution in [0.1, 0.15) is 25.5 Å². The molecule has 1 fully saturated rings. The SMILES string of the molecule is CCOCC1CCCN(C(=O)Cc2cc(-c3ccc(Cl)cc3)on2)C1. The third kappa shape index (κ3) is 4.83. The minimum Gasteiger partial charge on any atom is -0.381 e. The number of hydrogen-bond donors (Lipinski definition) is 0. The lowest BCUT2D eigenvalue weighted by molar-refractivity contribution is -0.132. The van der Waals surface area contributed by atoms with E-state index in [-0.39, 0.29) is 12.3 Å². The van der Waals surface area contributed by atoms with E-state index >= 15 is 0 Å². The van der Waals surface area contributed by atoms with Gasteiger partial charge in [0.1, 0.15) is 0 Å². The molecule has 1 aromatic carbocycles. The number of piperidine rings is 1. The fourth-order valence-electron chi connectivity index (χ4n) is 3.12. The van der Waals surface area contributed by atoms with Crippen molar-refractivity contribution < 1.29 is 14.1 Å². The van der Waals surface area contributed by atoms with E-state index in [0.29, 0.717) is 22.4 Å². The van der Waals surface area contributed by atoms with Gasteiger partial charge in [0.05, 0.1) is 18.7 Å². The van der Waals surface area contributed by atoms with Crippen molar-refractivity contribution in [3.8, 4) is 11.3 Å². The highest BCUT2D eigenvalue weighted by molar-refractivity contribution is 6.30. The molecule has 0 aliphatic carbocycles. The number of carbonyl (C=O) groups is 1. The number of halogens is 1. The van der Waals surface area contributed by atoms with E-state index in [0.717, 1.165) is 44.7 Å². The van der Waals surface area contributed by atoms with Crippen molar-refractivity contribution in [2.75, 3.05) is 26.3 Å². The summed E-state index contributed by atoms with van der Waals surface area (Å²) in [5.41, 5.74) is 1.55. The van der Waals surface area contributed by atoms with Crippen molar-refractivity contribution >= 4 is 17.5 Å². The number of benzene rings is 1. The number of nitrogens with zero attached hydrogens (tertiary/aromatic N) is 2. The maximum absolute atomic E-state index is 12.6. The molecule has 0 N–H and O–H groups in total. The molecule has 1 aromatic heterocycles. The molecule has 1 aliphatic heterocycles. The van der Waals surface area contributed by atoms with Crippen LogP contribution in [0.15, 0.2) is 34.9 Å². The topological polar surface area (TPSA) is 55.6 Å². The molecule has 3 rings (SSSR count). The average Bonchev–Trinajstić information content (AvgIpc) is 3.09. The Bertz CT molecular complexity index is 699. The van der Waals surface area contributed by atoms with Gasteiger partial charge < -0.3 is 14.2 Å². The number of rotatable bonds is 6. The first kappa shape index (κ1) is 18.0. The molecule has 0 bridgehead atoms. The predicted octanol–water partition coefficient (Wildman–Crippen LogP) is 3.81. The molecule has 0 radical (unpaired) electrons. The van der Waals surface area contributed by atoms with Crippen LogP contribution in [-0.4, -0.2) is 42.3 Å². The Hall–Kier alpha value is -1.85. The molecule has 1 aliphatic rings. The van der Waals surface area contributed by atoms with Crippen LogP contribution in [0.3, 0.4) is 0 Å². The monoisotopic (exact) mass is 362 g/mol. The van der Waals surface area contributed by atoms with E-state index in [1.807, 2.05) is 30.0 Å². The largest absolute Gasteiger partial charge is 0.381 e. The van der Waals surface area contributed by atoms with E-state index in [1.165, 1.54) is 0 Å². The van der Waals surface area contributed by atoms with Crippen LogP contribution in [-0.2, 0) is 16.0 Å². The summed E-state index contributed by atoms with van der Waals surface area (Å²) in [5.74, 6) is 1.17. The molecule has 134 valence electrons. The van der Waals surface area contributed by atoms with Gasteiger partial charge in [-0.15, -0.1) is 0 Å². The zero-order valence-electron chi connectivity index (χ0n) is 14.4. The molecular formula is C19H23ClN2O3. The third-order valence-electron chi connectivity index (χ3n) is 4.45. The van der Waals surface area contributed by atoms with E-state index in [9.17, 15) is 4.79 Å². The molecular weight excluding hydrogens is 340 g/mol. The van der Waals surface area contributed by atoms with Gasteiger partial charge in [-0.25, -0.2) is 0 Å². The summed E-state index contributed by atoms with van der Waals surface area (Å²) in [6, 6.07) is 9.17. The highest BCUT2D eigenvalue weighted by atomic mass is 35.5. The standard InChI is InChI=1S/C19H23ClN2O3/c1-2-24-13-14-4-3-9-22(12-14)19(23)11-17-10-18(25-21-17)15-5-7-16(20)8-6-15/h5-8,10,14H,2-4,9,11-13H2,1H3. The van der Waals surface area contributed by atoms with Gasteiger partial charge in [-0.3, -0.25) is 4.79 Å². The molecule has 1 saturated heterocycles. The lowest BCUT2D eigenvalue weighted by Crippen LogP contribution is -2.42. The predicted molar refractivity (Wildman–Crippen MR) is 96.5 cm³/mol. The van der Waals surface area contributed by atoms with Gasteiger partial charge in [-0.05, 0) is 49.9 Å². The Kier molecular flexibility index (Phi) is 6.10. The van der Waals surface area contributed by atoms with Gasteiger partial charge in [0.15, 0.2) is 5.76 Å². The van der Waals surface area contributed by atoms with Gasteiger partial charge in [-0.1, -0.05) is 16.8 Å². The lowest BCUT2D eigenvalue weighted by atomic mass is 9.98. The van der Waals surface area contributed by atoms with Crippen LogP contribution in [0.4, 0.5) is 0 Å². The van der Waals surface area contributed by atoms with Gasteiger partial charge in [0, 0.05) is 36.3 Å². The van der Waals surface area contributed by atoms with Crippen molar-refractivity contribution in [1.82, 2.24) is 10.1 Å². The Morgan fingerprint density at radius 1 is 1.40 bits per heavy atom. The molecule has 25 heavy (non-hydrogen) atoms. The van der Waals surface area contributed by atoms with Crippen molar-refractivity contribution in [2.45, 2.75) is 26.2 Å². The van der Waals surface area contributed by atoms with E-state index in [1.54, 1.807) is 12.1 Å². The van der Waals surface area contributed by atoms with Crippen LogP contribution in [0.25, 0.3) is 11.3 Å². The Labute approximate surface area is 152 Å². The fraction of sp³-hybridized carbons (Fsp3) is 0.474. The van der Waals surface area contributed by atoms with Crippen molar-refractivity contribution in [2.24, 2.45) is 5.92 Å². The molecule has 1 amide bonds. The number of amides is 1. The summed E-state index contributed by atoms with van der Waals surface area (Å²) >= 11 is 5.90. The molecule has 0 saturated carbocycles. The second kappa shape index (κ2) is 8.50. The van der Waals surface area contributed by atoms with Gasteiger partial charge in [0.25, 0.3) is 0 Å². The second-order valence-electron chi connectivity index (χ2n) is 6.37. The molecule has 5 nitrogen and oxygen atoms in total. The zero-order valence-corrected chi connectivity index (χ0v) is 15.2. The lowest BCUT2D eigenvalue weighted by Gasteiger charge is -2.32. The number of ether oxygens (including phenoxy) is 1. The maximum atomic E-state index is 12.6. The summed E-state index contributed by atoms with van der Waals surface area (Å²) in [5, 5.41) is 4.71. The summed E-state index contributed by atoms with van der Waals surface area (Å²) in [6.07, 6.45) is 2.41. The first-order chi connectivity index (χ1) is 12.2. The number of carbonyl (C=O) groups excluding carboxylic acids is 1. The van der Waals surface area contributed by atoms with Crippen LogP contribution in [0, 0.1) is 5.92 Å². The maximum Gasteiger partial charge on any atom is 0.228 e. The minimum absolute atomic E-state index is 0.0946. The first-order valence-corrected chi connectivity index (χ1v) is 9.10. The molecule has 6 heteroatoms. The summed E-state index contributed by atoms with van der Waals surface area (Å²) in [4.78, 5) is 14.5. The average molecular weight is 363 g/mol. The van der Waals surface area contributed by atoms with Crippen LogP contribution in [0.5, 0.6) is 0 Å². The van der Waals surface area contributed by atoms with Crippen LogP contribution >= 0.6 is 11.6 Å². The summed E-state index contributed by atoms with van der Waals surface area (Å²) < 4.78 is 10.9. The van der Waals surface area contributed by atoms with Gasteiger partial charge in [0.2, 0.25) is 5.91 Å². The molecule has 1 atom stereocenters. The minimum atomic E-state index is 0.0946. The smallest absolute Gasteiger partial charge is 0.228 e. The van der Waals surface area contributed by atoms with E-state index in [4.69, 9.17) is 20.9 Å². The number of aromatic nitrogens is 1. The molecule has 1 unspecified atom stereocenters. The van der Waals surface area contributed by atoms with E-state index < -0.39 is 0 Å². The molecule has 2 heterocycles. The van der Waals surface area contributed by atoms with E-state index in [2.05, 4.69) is 5.16 Å². The van der Waals surface area contributed by atoms with Crippen molar-refractivity contribution in [1.29, 1.82) is 0 Å². The summed E-state index contributed by atoms with van der Waals surface area (Å²) in [7, 11) is 0. The number of hydrogen-bond acceptors (Lipinski definition) is 4. The van der Waals surface area contributed by atoms with Crippen LogP contribution in [0.2, 0.25) is 5.02 Å². The van der Waals surface area contributed by atoms with Gasteiger partial charge in [-0.2, -0.15) is 0 Å². The number of likely N-dealkylation sites (tertiary alicyclic amines) is 1. The highest BCUT2D eigenvalue weighted by Gasteiger charge is 2.24. The highest BCUT2D eigenvalue weighted by Crippen LogP contribution is 2.23. The van der Waals surface area contributed by atoms with Crippen molar-refractivity contribution in [3.05, 3.63) is 41.0 Å². The molecule has 2 aromatic rings. The Morgan fingerprint density at radius 3 is 2.96 bits per heavy atom. The Morgan fingerprint density at radius 2 is 2.20 bits per heavy atom. The van der Waals surface area contributed by atoms with Gasteiger partial charge >= 0.3 is 0 Å². The quantitative estimate of drug-likeness (QED) is 0.784. The van der Waals surface area contributed by atoms with Crippen molar-refractivity contribution in [3.63, 3.8) is 0 Å². The Balaban J connectivity index is 1.58. The van der Waals surface area contributed by atoms with Crippen LogP contribution < -0.4 is 0 Å². The molecule has 0 spiro atoms. The normalized spacial score (nSPS) is 17.7. The second-order valence-corrected chi connectivity index (χ2v) is 6.81. The fourth-order valence-corrected chi connectivity index (χ4v) is 3.25. The summed E-state index contributed by atoms with van der Waals surface area (Å²) in [6.45, 7) is 5.01. The third-order valence-corrected chi connectivity index (χ3v) is 4.70.